The molecule has 2 aliphatic heterocycles. The van der Waals surface area contributed by atoms with Crippen LogP contribution in [-0.4, -0.2) is 36.4 Å². The Balaban J connectivity index is 1.67. The van der Waals surface area contributed by atoms with Crippen molar-refractivity contribution < 1.29 is 14.3 Å². The summed E-state index contributed by atoms with van der Waals surface area (Å²) in [4.78, 5) is 30.1. The minimum absolute atomic E-state index is 0.244. The number of imide groups is 1. The fourth-order valence-corrected chi connectivity index (χ4v) is 3.81. The number of rotatable bonds is 6. The lowest BCUT2D eigenvalue weighted by atomic mass is 10.0. The maximum absolute atomic E-state index is 13.4. The molecule has 5 heteroatoms. The first-order valence-corrected chi connectivity index (χ1v) is 10.2. The first-order chi connectivity index (χ1) is 14.1. The summed E-state index contributed by atoms with van der Waals surface area (Å²) in [7, 11) is 0. The SMILES string of the molecule is CC(C)COc1ccc(N2C(=O)C(c3ccccc3)=C(N3CCCC3)C2=O)cc1. The molecule has 0 aromatic heterocycles. The molecule has 0 atom stereocenters. The van der Waals surface area contributed by atoms with Crippen molar-refractivity contribution in [1.82, 2.24) is 4.90 Å². The van der Waals surface area contributed by atoms with Crippen molar-refractivity contribution in [3.05, 3.63) is 65.9 Å². The van der Waals surface area contributed by atoms with Gasteiger partial charge in [-0.15, -0.1) is 0 Å². The Bertz CT molecular complexity index is 926. The van der Waals surface area contributed by atoms with Gasteiger partial charge in [-0.2, -0.15) is 0 Å². The third-order valence-corrected chi connectivity index (χ3v) is 5.22. The van der Waals surface area contributed by atoms with E-state index in [0.29, 0.717) is 29.5 Å². The molecule has 1 fully saturated rings. The van der Waals surface area contributed by atoms with E-state index >= 15 is 0 Å². The van der Waals surface area contributed by atoms with Gasteiger partial charge in [0.15, 0.2) is 0 Å². The Kier molecular flexibility index (Phi) is 5.38. The van der Waals surface area contributed by atoms with Crippen LogP contribution in [0.1, 0.15) is 32.3 Å². The van der Waals surface area contributed by atoms with E-state index < -0.39 is 0 Å². The van der Waals surface area contributed by atoms with Crippen molar-refractivity contribution in [2.45, 2.75) is 26.7 Å². The summed E-state index contributed by atoms with van der Waals surface area (Å²) in [5.41, 5.74) is 2.38. The van der Waals surface area contributed by atoms with Crippen LogP contribution in [0.3, 0.4) is 0 Å². The smallest absolute Gasteiger partial charge is 0.282 e. The van der Waals surface area contributed by atoms with Crippen LogP contribution in [0, 0.1) is 5.92 Å². The van der Waals surface area contributed by atoms with Gasteiger partial charge in [-0.1, -0.05) is 44.2 Å². The number of hydrogen-bond acceptors (Lipinski definition) is 4. The highest BCUT2D eigenvalue weighted by atomic mass is 16.5. The van der Waals surface area contributed by atoms with Gasteiger partial charge < -0.3 is 9.64 Å². The Morgan fingerprint density at radius 3 is 2.17 bits per heavy atom. The van der Waals surface area contributed by atoms with Crippen LogP contribution < -0.4 is 9.64 Å². The summed E-state index contributed by atoms with van der Waals surface area (Å²) in [6, 6.07) is 16.7. The first kappa shape index (κ1) is 19.2. The highest BCUT2D eigenvalue weighted by Crippen LogP contribution is 2.36. The van der Waals surface area contributed by atoms with Crippen molar-refractivity contribution in [3.63, 3.8) is 0 Å². The molecule has 0 unspecified atom stereocenters. The Labute approximate surface area is 171 Å². The van der Waals surface area contributed by atoms with Gasteiger partial charge in [0.25, 0.3) is 11.8 Å². The summed E-state index contributed by atoms with van der Waals surface area (Å²) >= 11 is 0. The molecule has 5 nitrogen and oxygen atoms in total. The van der Waals surface area contributed by atoms with Gasteiger partial charge in [-0.25, -0.2) is 4.90 Å². The number of anilines is 1. The minimum Gasteiger partial charge on any atom is -0.493 e. The Morgan fingerprint density at radius 1 is 0.897 bits per heavy atom. The molecule has 29 heavy (non-hydrogen) atoms. The van der Waals surface area contributed by atoms with Gasteiger partial charge in [0.1, 0.15) is 11.4 Å². The number of carbonyl (C=O) groups excluding carboxylic acids is 2. The van der Waals surface area contributed by atoms with Crippen LogP contribution in [-0.2, 0) is 9.59 Å². The van der Waals surface area contributed by atoms with Gasteiger partial charge in [0, 0.05) is 13.1 Å². The lowest BCUT2D eigenvalue weighted by Gasteiger charge is -2.20. The van der Waals surface area contributed by atoms with Crippen molar-refractivity contribution in [3.8, 4) is 5.75 Å². The van der Waals surface area contributed by atoms with Crippen molar-refractivity contribution in [2.75, 3.05) is 24.6 Å². The Morgan fingerprint density at radius 2 is 1.55 bits per heavy atom. The molecule has 0 aliphatic carbocycles. The minimum atomic E-state index is -0.265. The van der Waals surface area contributed by atoms with Gasteiger partial charge in [-0.3, -0.25) is 9.59 Å². The van der Waals surface area contributed by atoms with E-state index in [9.17, 15) is 9.59 Å². The molecule has 0 radical (unpaired) electrons. The standard InChI is InChI=1S/C24H26N2O3/c1-17(2)16-29-20-12-10-19(11-13-20)26-23(27)21(18-8-4-3-5-9-18)22(24(26)28)25-14-6-7-15-25/h3-5,8-13,17H,6-7,14-16H2,1-2H3. The van der Waals surface area contributed by atoms with Gasteiger partial charge in [0.2, 0.25) is 0 Å². The molecule has 2 aromatic carbocycles. The number of carbonyl (C=O) groups is 2. The van der Waals surface area contributed by atoms with Crippen molar-refractivity contribution >= 4 is 23.1 Å². The Hall–Kier alpha value is -3.08. The van der Waals surface area contributed by atoms with E-state index in [-0.39, 0.29) is 11.8 Å². The maximum Gasteiger partial charge on any atom is 0.282 e. The number of benzene rings is 2. The molecule has 150 valence electrons. The van der Waals surface area contributed by atoms with E-state index in [2.05, 4.69) is 18.7 Å². The monoisotopic (exact) mass is 390 g/mol. The summed E-state index contributed by atoms with van der Waals surface area (Å²) in [6.45, 7) is 6.42. The van der Waals surface area contributed by atoms with Crippen molar-refractivity contribution in [2.24, 2.45) is 5.92 Å². The topological polar surface area (TPSA) is 49.9 Å². The van der Waals surface area contributed by atoms with Crippen LogP contribution >= 0.6 is 0 Å². The average Bonchev–Trinajstić information content (AvgIpc) is 3.34. The van der Waals surface area contributed by atoms with Gasteiger partial charge in [0.05, 0.1) is 17.9 Å². The highest BCUT2D eigenvalue weighted by molar-refractivity contribution is 6.45. The summed E-state index contributed by atoms with van der Waals surface area (Å²) < 4.78 is 5.72. The van der Waals surface area contributed by atoms with E-state index in [0.717, 1.165) is 37.2 Å². The zero-order valence-electron chi connectivity index (χ0n) is 16.9. The number of ether oxygens (including phenoxy) is 1. The van der Waals surface area contributed by atoms with Crippen LogP contribution in [0.2, 0.25) is 0 Å². The maximum atomic E-state index is 13.4. The predicted octanol–water partition coefficient (Wildman–Crippen LogP) is 4.10. The number of amides is 2. The fraction of sp³-hybridized carbons (Fsp3) is 0.333. The second-order valence-corrected chi connectivity index (χ2v) is 7.93. The van der Waals surface area contributed by atoms with Crippen LogP contribution in [0.4, 0.5) is 5.69 Å². The highest BCUT2D eigenvalue weighted by Gasteiger charge is 2.42. The lowest BCUT2D eigenvalue weighted by Crippen LogP contribution is -2.34. The molecule has 4 rings (SSSR count). The summed E-state index contributed by atoms with van der Waals surface area (Å²) in [5.74, 6) is 0.653. The normalized spacial score (nSPS) is 17.1. The molecule has 1 saturated heterocycles. The molecular formula is C24H26N2O3. The van der Waals surface area contributed by atoms with Gasteiger partial charge in [-0.05, 0) is 48.6 Å². The largest absolute Gasteiger partial charge is 0.493 e. The second kappa shape index (κ2) is 8.11. The molecule has 2 aliphatic rings. The lowest BCUT2D eigenvalue weighted by molar-refractivity contribution is -0.120. The number of likely N-dealkylation sites (tertiary alicyclic amines) is 1. The zero-order chi connectivity index (χ0) is 20.4. The third kappa shape index (κ3) is 3.77. The molecule has 0 N–H and O–H groups in total. The molecule has 2 aromatic rings. The average molecular weight is 390 g/mol. The molecule has 0 bridgehead atoms. The van der Waals surface area contributed by atoms with E-state index in [4.69, 9.17) is 4.74 Å². The molecular weight excluding hydrogens is 364 g/mol. The van der Waals surface area contributed by atoms with Crippen LogP contribution in [0.15, 0.2) is 60.3 Å². The van der Waals surface area contributed by atoms with E-state index in [1.54, 1.807) is 12.1 Å². The fourth-order valence-electron chi connectivity index (χ4n) is 3.81. The third-order valence-electron chi connectivity index (χ3n) is 5.22. The van der Waals surface area contributed by atoms with Gasteiger partial charge >= 0.3 is 0 Å². The second-order valence-electron chi connectivity index (χ2n) is 7.93. The molecule has 0 spiro atoms. The first-order valence-electron chi connectivity index (χ1n) is 10.2. The van der Waals surface area contributed by atoms with Crippen LogP contribution in [0.25, 0.3) is 5.57 Å². The molecule has 2 heterocycles. The van der Waals surface area contributed by atoms with E-state index in [1.165, 1.54) is 4.90 Å². The molecule has 0 saturated carbocycles. The number of hydrogen-bond donors (Lipinski definition) is 0. The summed E-state index contributed by atoms with van der Waals surface area (Å²) in [6.07, 6.45) is 2.07. The van der Waals surface area contributed by atoms with Crippen LogP contribution in [0.5, 0.6) is 5.75 Å². The molecule has 2 amide bonds. The predicted molar refractivity (Wildman–Crippen MR) is 113 cm³/mol. The van der Waals surface area contributed by atoms with Crippen molar-refractivity contribution in [1.29, 1.82) is 0 Å². The zero-order valence-corrected chi connectivity index (χ0v) is 16.9. The number of nitrogens with zero attached hydrogens (tertiary/aromatic N) is 2. The van der Waals surface area contributed by atoms with E-state index in [1.807, 2.05) is 42.5 Å². The quantitative estimate of drug-likeness (QED) is 0.697. The summed E-state index contributed by atoms with van der Waals surface area (Å²) in [5, 5.41) is 0.